The summed E-state index contributed by atoms with van der Waals surface area (Å²) in [5.41, 5.74) is 0.441. The normalized spacial score (nSPS) is 16.4. The second kappa shape index (κ2) is 8.43. The van der Waals surface area contributed by atoms with Crippen molar-refractivity contribution >= 4 is 5.91 Å². The van der Waals surface area contributed by atoms with Crippen LogP contribution in [0.25, 0.3) is 0 Å². The average molecular weight is 346 g/mol. The van der Waals surface area contributed by atoms with Gasteiger partial charge in [-0.2, -0.15) is 0 Å². The van der Waals surface area contributed by atoms with Gasteiger partial charge in [0.05, 0.1) is 25.3 Å². The number of ether oxygens (including phenoxy) is 3. The quantitative estimate of drug-likeness (QED) is 0.779. The highest BCUT2D eigenvalue weighted by Gasteiger charge is 2.17. The molecule has 1 amide bonds. The SMILES string of the molecule is O=C(NCCOc1ccc(F)cc1)c1ccc(O[C@H]2CCOC2)nc1. The van der Waals surface area contributed by atoms with Crippen LogP contribution in [0.3, 0.4) is 0 Å². The van der Waals surface area contributed by atoms with Crippen LogP contribution in [0.1, 0.15) is 16.8 Å². The maximum Gasteiger partial charge on any atom is 0.252 e. The first-order valence-corrected chi connectivity index (χ1v) is 8.08. The van der Waals surface area contributed by atoms with Crippen LogP contribution >= 0.6 is 0 Å². The third-order valence-corrected chi connectivity index (χ3v) is 3.64. The summed E-state index contributed by atoms with van der Waals surface area (Å²) in [6, 6.07) is 9.04. The number of aromatic nitrogens is 1. The van der Waals surface area contributed by atoms with E-state index in [9.17, 15) is 9.18 Å². The first-order valence-electron chi connectivity index (χ1n) is 8.08. The largest absolute Gasteiger partial charge is 0.492 e. The van der Waals surface area contributed by atoms with Gasteiger partial charge in [0.1, 0.15) is 24.3 Å². The molecule has 2 heterocycles. The number of nitrogens with one attached hydrogen (secondary N) is 1. The Morgan fingerprint density at radius 1 is 1.28 bits per heavy atom. The Bertz CT molecular complexity index is 685. The van der Waals surface area contributed by atoms with E-state index in [0.29, 0.717) is 37.0 Å². The minimum absolute atomic E-state index is 0.0239. The highest BCUT2D eigenvalue weighted by Crippen LogP contribution is 2.14. The molecule has 0 radical (unpaired) electrons. The first kappa shape index (κ1) is 17.2. The van der Waals surface area contributed by atoms with Gasteiger partial charge in [-0.1, -0.05) is 0 Å². The van der Waals surface area contributed by atoms with Crippen LogP contribution < -0.4 is 14.8 Å². The van der Waals surface area contributed by atoms with Crippen LogP contribution in [-0.4, -0.2) is 43.4 Å². The van der Waals surface area contributed by atoms with Gasteiger partial charge in [-0.25, -0.2) is 9.37 Å². The minimum atomic E-state index is -0.318. The molecule has 0 aliphatic carbocycles. The van der Waals surface area contributed by atoms with Gasteiger partial charge in [0.15, 0.2) is 0 Å². The Balaban J connectivity index is 1.40. The van der Waals surface area contributed by atoms with Crippen LogP contribution in [0.2, 0.25) is 0 Å². The van der Waals surface area contributed by atoms with Gasteiger partial charge in [-0.05, 0) is 30.3 Å². The minimum Gasteiger partial charge on any atom is -0.492 e. The molecule has 1 aromatic heterocycles. The fraction of sp³-hybridized carbons (Fsp3) is 0.333. The van der Waals surface area contributed by atoms with E-state index in [0.717, 1.165) is 6.42 Å². The Kier molecular flexibility index (Phi) is 5.79. The Hall–Kier alpha value is -2.67. The number of halogens is 1. The van der Waals surface area contributed by atoms with Crippen LogP contribution in [0.4, 0.5) is 4.39 Å². The molecule has 6 nitrogen and oxygen atoms in total. The van der Waals surface area contributed by atoms with Gasteiger partial charge in [0, 0.05) is 18.7 Å². The van der Waals surface area contributed by atoms with E-state index in [-0.39, 0.29) is 24.4 Å². The maximum atomic E-state index is 12.8. The summed E-state index contributed by atoms with van der Waals surface area (Å²) in [4.78, 5) is 16.2. The smallest absolute Gasteiger partial charge is 0.252 e. The molecular weight excluding hydrogens is 327 g/mol. The topological polar surface area (TPSA) is 69.7 Å². The molecule has 1 atom stereocenters. The molecule has 7 heteroatoms. The van der Waals surface area contributed by atoms with E-state index in [1.165, 1.54) is 30.5 Å². The summed E-state index contributed by atoms with van der Waals surface area (Å²) in [7, 11) is 0. The number of rotatable bonds is 7. The third-order valence-electron chi connectivity index (χ3n) is 3.64. The zero-order valence-electron chi connectivity index (χ0n) is 13.6. The highest BCUT2D eigenvalue weighted by atomic mass is 19.1. The predicted octanol–water partition coefficient (Wildman–Crippen LogP) is 2.20. The molecular formula is C18H19FN2O4. The molecule has 0 spiro atoms. The Labute approximate surface area is 144 Å². The summed E-state index contributed by atoms with van der Waals surface area (Å²) in [6.45, 7) is 1.88. The molecule has 0 unspecified atom stereocenters. The van der Waals surface area contributed by atoms with E-state index >= 15 is 0 Å². The number of hydrogen-bond donors (Lipinski definition) is 1. The molecule has 1 aliphatic heterocycles. The monoisotopic (exact) mass is 346 g/mol. The van der Waals surface area contributed by atoms with Gasteiger partial charge >= 0.3 is 0 Å². The van der Waals surface area contributed by atoms with Gasteiger partial charge in [0.2, 0.25) is 5.88 Å². The molecule has 0 saturated carbocycles. The standard InChI is InChI=1S/C18H19FN2O4/c19-14-2-4-15(5-3-14)24-10-8-20-18(22)13-1-6-17(21-11-13)25-16-7-9-23-12-16/h1-6,11,16H,7-10,12H2,(H,20,22)/t16-/m0/s1. The molecule has 1 fully saturated rings. The predicted molar refractivity (Wildman–Crippen MR) is 88.3 cm³/mol. The van der Waals surface area contributed by atoms with Crippen LogP contribution in [0, 0.1) is 5.82 Å². The summed E-state index contributed by atoms with van der Waals surface area (Å²) < 4.78 is 29.1. The van der Waals surface area contributed by atoms with Gasteiger partial charge in [-0.3, -0.25) is 4.79 Å². The van der Waals surface area contributed by atoms with Crippen LogP contribution in [0.5, 0.6) is 11.6 Å². The van der Waals surface area contributed by atoms with Crippen molar-refractivity contribution in [1.29, 1.82) is 0 Å². The number of hydrogen-bond acceptors (Lipinski definition) is 5. The van der Waals surface area contributed by atoms with Crippen molar-refractivity contribution < 1.29 is 23.4 Å². The summed E-state index contributed by atoms with van der Waals surface area (Å²) in [5.74, 6) is 0.466. The highest BCUT2D eigenvalue weighted by molar-refractivity contribution is 5.93. The van der Waals surface area contributed by atoms with Crippen LogP contribution in [-0.2, 0) is 4.74 Å². The lowest BCUT2D eigenvalue weighted by Gasteiger charge is -2.11. The van der Waals surface area contributed by atoms with E-state index in [4.69, 9.17) is 14.2 Å². The van der Waals surface area contributed by atoms with E-state index in [2.05, 4.69) is 10.3 Å². The fourth-order valence-electron chi connectivity index (χ4n) is 2.33. The van der Waals surface area contributed by atoms with Crippen molar-refractivity contribution in [2.75, 3.05) is 26.4 Å². The lowest BCUT2D eigenvalue weighted by Crippen LogP contribution is -2.28. The summed E-state index contributed by atoms with van der Waals surface area (Å²) >= 11 is 0. The van der Waals surface area contributed by atoms with E-state index in [1.807, 2.05) is 0 Å². The van der Waals surface area contributed by atoms with Crippen molar-refractivity contribution in [3.05, 3.63) is 54.0 Å². The first-order chi connectivity index (χ1) is 12.2. The summed E-state index contributed by atoms with van der Waals surface area (Å²) in [6.07, 6.45) is 2.34. The molecule has 0 bridgehead atoms. The second-order valence-electron chi connectivity index (χ2n) is 5.55. The van der Waals surface area contributed by atoms with E-state index in [1.54, 1.807) is 12.1 Å². The fourth-order valence-corrected chi connectivity index (χ4v) is 2.33. The molecule has 1 aliphatic rings. The number of pyridine rings is 1. The number of amides is 1. The average Bonchev–Trinajstić information content (AvgIpc) is 3.14. The molecule has 25 heavy (non-hydrogen) atoms. The number of benzene rings is 1. The zero-order valence-corrected chi connectivity index (χ0v) is 13.6. The van der Waals surface area contributed by atoms with Crippen molar-refractivity contribution in [2.45, 2.75) is 12.5 Å². The molecule has 1 N–H and O–H groups in total. The molecule has 3 rings (SSSR count). The molecule has 2 aromatic rings. The lowest BCUT2D eigenvalue weighted by molar-refractivity contribution is 0.0946. The lowest BCUT2D eigenvalue weighted by atomic mass is 10.2. The van der Waals surface area contributed by atoms with Crippen molar-refractivity contribution in [3.63, 3.8) is 0 Å². The van der Waals surface area contributed by atoms with Crippen LogP contribution in [0.15, 0.2) is 42.6 Å². The summed E-state index contributed by atoms with van der Waals surface area (Å²) in [5, 5.41) is 2.73. The number of carbonyl (C=O) groups is 1. The van der Waals surface area contributed by atoms with Crippen molar-refractivity contribution in [1.82, 2.24) is 10.3 Å². The molecule has 132 valence electrons. The maximum absolute atomic E-state index is 12.8. The Morgan fingerprint density at radius 3 is 2.80 bits per heavy atom. The van der Waals surface area contributed by atoms with Gasteiger partial charge < -0.3 is 19.5 Å². The molecule has 1 saturated heterocycles. The second-order valence-corrected chi connectivity index (χ2v) is 5.55. The van der Waals surface area contributed by atoms with Gasteiger partial charge in [0.25, 0.3) is 5.91 Å². The van der Waals surface area contributed by atoms with E-state index < -0.39 is 0 Å². The third kappa shape index (κ3) is 5.15. The number of nitrogens with zero attached hydrogens (tertiary/aromatic N) is 1. The van der Waals surface area contributed by atoms with Crippen molar-refractivity contribution in [2.24, 2.45) is 0 Å². The zero-order chi connectivity index (χ0) is 17.5. The molecule has 1 aromatic carbocycles. The Morgan fingerprint density at radius 2 is 2.12 bits per heavy atom. The number of carbonyl (C=O) groups excluding carboxylic acids is 1. The van der Waals surface area contributed by atoms with Gasteiger partial charge in [-0.15, -0.1) is 0 Å². The van der Waals surface area contributed by atoms with Crippen molar-refractivity contribution in [3.8, 4) is 11.6 Å².